The van der Waals surface area contributed by atoms with Crippen molar-refractivity contribution in [3.63, 3.8) is 0 Å². The second-order valence-electron chi connectivity index (χ2n) is 4.20. The maximum absolute atomic E-state index is 12.6. The van der Waals surface area contributed by atoms with E-state index in [0.717, 1.165) is 6.07 Å². The molecule has 102 valence electrons. The predicted octanol–water partition coefficient (Wildman–Crippen LogP) is 3.12. The number of hydrogen-bond acceptors (Lipinski definition) is 3. The first kappa shape index (κ1) is 13.4. The van der Waals surface area contributed by atoms with E-state index in [1.54, 1.807) is 6.08 Å². The van der Waals surface area contributed by atoms with Gasteiger partial charge in [0, 0.05) is 24.5 Å². The minimum Gasteiger partial charge on any atom is -0.366 e. The topological polar surface area (TPSA) is 42.2 Å². The normalized spacial score (nSPS) is 13.5. The van der Waals surface area contributed by atoms with E-state index in [-0.39, 0.29) is 6.04 Å². The number of halogens is 3. The highest BCUT2D eigenvalue weighted by molar-refractivity contribution is 5.68. The van der Waals surface area contributed by atoms with Crippen LogP contribution in [0.25, 0.3) is 5.52 Å². The van der Waals surface area contributed by atoms with Crippen LogP contribution >= 0.6 is 0 Å². The van der Waals surface area contributed by atoms with Crippen LogP contribution in [0.15, 0.2) is 31.1 Å². The van der Waals surface area contributed by atoms with Crippen LogP contribution in [0.1, 0.15) is 19.0 Å². The van der Waals surface area contributed by atoms with E-state index in [9.17, 15) is 13.2 Å². The molecule has 2 rings (SSSR count). The van der Waals surface area contributed by atoms with E-state index in [1.807, 2.05) is 6.92 Å². The van der Waals surface area contributed by atoms with Crippen LogP contribution in [0.5, 0.6) is 0 Å². The van der Waals surface area contributed by atoms with Gasteiger partial charge < -0.3 is 5.32 Å². The number of aromatic nitrogens is 3. The Labute approximate surface area is 108 Å². The third-order valence-electron chi connectivity index (χ3n) is 2.58. The average molecular weight is 270 g/mol. The molecule has 2 aromatic heterocycles. The first-order valence-electron chi connectivity index (χ1n) is 5.71. The SMILES string of the molecule is C=CCC(C)Nc1nccn2nc(C(F)(F)F)cc12. The number of nitrogens with one attached hydrogen (secondary N) is 1. The molecule has 7 heteroatoms. The van der Waals surface area contributed by atoms with Crippen molar-refractivity contribution in [3.05, 3.63) is 36.8 Å². The Bertz CT molecular complexity index is 588. The number of hydrogen-bond donors (Lipinski definition) is 1. The first-order chi connectivity index (χ1) is 8.91. The minimum atomic E-state index is -4.46. The van der Waals surface area contributed by atoms with Gasteiger partial charge in [0.1, 0.15) is 5.52 Å². The zero-order chi connectivity index (χ0) is 14.0. The molecule has 2 aromatic rings. The standard InChI is InChI=1S/C12H13F3N4/c1-3-4-8(2)17-11-9-7-10(12(13,14)15)18-19(9)6-5-16-11/h3,5-8H,1,4H2,2H3,(H,16,17). The van der Waals surface area contributed by atoms with Gasteiger partial charge in [0.25, 0.3) is 0 Å². The fourth-order valence-electron chi connectivity index (χ4n) is 1.71. The summed E-state index contributed by atoms with van der Waals surface area (Å²) in [6.07, 6.45) is 0.741. The molecule has 0 saturated heterocycles. The van der Waals surface area contributed by atoms with Crippen molar-refractivity contribution in [2.24, 2.45) is 0 Å². The maximum atomic E-state index is 12.6. The van der Waals surface area contributed by atoms with Gasteiger partial charge in [0.2, 0.25) is 0 Å². The zero-order valence-corrected chi connectivity index (χ0v) is 10.3. The van der Waals surface area contributed by atoms with Crippen LogP contribution < -0.4 is 5.32 Å². The van der Waals surface area contributed by atoms with E-state index < -0.39 is 11.9 Å². The lowest BCUT2D eigenvalue weighted by atomic mass is 10.2. The van der Waals surface area contributed by atoms with Crippen LogP contribution in [0.3, 0.4) is 0 Å². The van der Waals surface area contributed by atoms with Gasteiger partial charge in [0.05, 0.1) is 0 Å². The third-order valence-corrected chi connectivity index (χ3v) is 2.58. The Morgan fingerprint density at radius 3 is 2.89 bits per heavy atom. The molecule has 0 amide bonds. The first-order valence-corrected chi connectivity index (χ1v) is 5.71. The third kappa shape index (κ3) is 2.86. The van der Waals surface area contributed by atoms with Gasteiger partial charge in [0.15, 0.2) is 11.5 Å². The van der Waals surface area contributed by atoms with Crippen LogP contribution in [-0.2, 0) is 6.18 Å². The Hall–Kier alpha value is -2.05. The molecule has 1 N–H and O–H groups in total. The summed E-state index contributed by atoms with van der Waals surface area (Å²) >= 11 is 0. The van der Waals surface area contributed by atoms with Gasteiger partial charge in [-0.15, -0.1) is 6.58 Å². The molecule has 0 aliphatic carbocycles. The monoisotopic (exact) mass is 270 g/mol. The van der Waals surface area contributed by atoms with Gasteiger partial charge in [-0.05, 0) is 13.3 Å². The highest BCUT2D eigenvalue weighted by Crippen LogP contribution is 2.30. The predicted molar refractivity (Wildman–Crippen MR) is 65.9 cm³/mol. The number of nitrogens with zero attached hydrogens (tertiary/aromatic N) is 3. The summed E-state index contributed by atoms with van der Waals surface area (Å²) in [5.41, 5.74) is -0.634. The molecule has 0 spiro atoms. The molecule has 0 bridgehead atoms. The van der Waals surface area contributed by atoms with Gasteiger partial charge >= 0.3 is 6.18 Å². The summed E-state index contributed by atoms with van der Waals surface area (Å²) < 4.78 is 39.0. The van der Waals surface area contributed by atoms with E-state index >= 15 is 0 Å². The van der Waals surface area contributed by atoms with Crippen LogP contribution in [0.2, 0.25) is 0 Å². The molecule has 0 aliphatic heterocycles. The number of fused-ring (bicyclic) bond motifs is 1. The number of rotatable bonds is 4. The lowest BCUT2D eigenvalue weighted by molar-refractivity contribution is -0.141. The van der Waals surface area contributed by atoms with Crippen molar-refractivity contribution in [2.75, 3.05) is 5.32 Å². The van der Waals surface area contributed by atoms with Crippen molar-refractivity contribution >= 4 is 11.3 Å². The minimum absolute atomic E-state index is 0.0282. The highest BCUT2D eigenvalue weighted by Gasteiger charge is 2.34. The Morgan fingerprint density at radius 2 is 2.26 bits per heavy atom. The van der Waals surface area contributed by atoms with E-state index in [0.29, 0.717) is 17.8 Å². The molecule has 4 nitrogen and oxygen atoms in total. The fraction of sp³-hybridized carbons (Fsp3) is 0.333. The molecular formula is C12H13F3N4. The van der Waals surface area contributed by atoms with Crippen LogP contribution in [0.4, 0.5) is 19.0 Å². The fourth-order valence-corrected chi connectivity index (χ4v) is 1.71. The van der Waals surface area contributed by atoms with Crippen LogP contribution in [0, 0.1) is 0 Å². The van der Waals surface area contributed by atoms with Crippen molar-refractivity contribution in [1.29, 1.82) is 0 Å². The molecule has 1 unspecified atom stereocenters. The quantitative estimate of drug-likeness (QED) is 0.868. The molecule has 1 atom stereocenters. The van der Waals surface area contributed by atoms with Crippen molar-refractivity contribution < 1.29 is 13.2 Å². The Morgan fingerprint density at radius 1 is 1.53 bits per heavy atom. The second kappa shape index (κ2) is 4.91. The van der Waals surface area contributed by atoms with Gasteiger partial charge in [-0.25, -0.2) is 9.50 Å². The van der Waals surface area contributed by atoms with Crippen molar-refractivity contribution in [1.82, 2.24) is 14.6 Å². The van der Waals surface area contributed by atoms with E-state index in [1.165, 1.54) is 16.9 Å². The molecule has 0 fully saturated rings. The van der Waals surface area contributed by atoms with Gasteiger partial charge in [-0.2, -0.15) is 18.3 Å². The molecule has 0 saturated carbocycles. The van der Waals surface area contributed by atoms with Crippen molar-refractivity contribution in [2.45, 2.75) is 25.6 Å². The van der Waals surface area contributed by atoms with Crippen molar-refractivity contribution in [3.8, 4) is 0 Å². The van der Waals surface area contributed by atoms with Gasteiger partial charge in [-0.1, -0.05) is 6.08 Å². The van der Waals surface area contributed by atoms with Gasteiger partial charge in [-0.3, -0.25) is 0 Å². The average Bonchev–Trinajstić information content (AvgIpc) is 2.74. The highest BCUT2D eigenvalue weighted by atomic mass is 19.4. The molecule has 2 heterocycles. The lowest BCUT2D eigenvalue weighted by Gasteiger charge is -2.12. The molecule has 0 aliphatic rings. The second-order valence-corrected chi connectivity index (χ2v) is 4.20. The summed E-state index contributed by atoms with van der Waals surface area (Å²) in [4.78, 5) is 4.05. The van der Waals surface area contributed by atoms with E-state index in [4.69, 9.17) is 0 Å². The smallest absolute Gasteiger partial charge is 0.366 e. The number of alkyl halides is 3. The summed E-state index contributed by atoms with van der Waals surface area (Å²) in [7, 11) is 0. The molecule has 19 heavy (non-hydrogen) atoms. The summed E-state index contributed by atoms with van der Waals surface area (Å²) in [5.74, 6) is 0.375. The molecule has 0 radical (unpaired) electrons. The Balaban J connectivity index is 2.39. The summed E-state index contributed by atoms with van der Waals surface area (Å²) in [6.45, 7) is 5.51. The summed E-state index contributed by atoms with van der Waals surface area (Å²) in [5, 5.41) is 6.53. The lowest BCUT2D eigenvalue weighted by Crippen LogP contribution is -2.15. The Kier molecular flexibility index (Phi) is 3.46. The zero-order valence-electron chi connectivity index (χ0n) is 10.3. The largest absolute Gasteiger partial charge is 0.435 e. The van der Waals surface area contributed by atoms with Crippen LogP contribution in [-0.4, -0.2) is 20.6 Å². The maximum Gasteiger partial charge on any atom is 0.435 e. The molecular weight excluding hydrogens is 257 g/mol. The van der Waals surface area contributed by atoms with E-state index in [2.05, 4.69) is 22.0 Å². The molecule has 0 aromatic carbocycles. The summed E-state index contributed by atoms with van der Waals surface area (Å²) in [6, 6.07) is 1.01. The number of anilines is 1.